The summed E-state index contributed by atoms with van der Waals surface area (Å²) in [6.45, 7) is 5.74. The van der Waals surface area contributed by atoms with E-state index in [4.69, 9.17) is 0 Å². The summed E-state index contributed by atoms with van der Waals surface area (Å²) in [5.74, 6) is -4.56. The molecule has 4 nitrogen and oxygen atoms in total. The van der Waals surface area contributed by atoms with Crippen LogP contribution in [0.5, 0.6) is 0 Å². The highest BCUT2D eigenvalue weighted by Gasteiger charge is 2.40. The Morgan fingerprint density at radius 1 is 0.727 bits per heavy atom. The van der Waals surface area contributed by atoms with Crippen molar-refractivity contribution < 1.29 is 35.9 Å². The number of halogens is 8. The number of hydrogen-bond donors (Lipinski definition) is 2. The summed E-state index contributed by atoms with van der Waals surface area (Å²) in [6.07, 6.45) is -10.1. The van der Waals surface area contributed by atoms with E-state index in [1.807, 2.05) is 20.8 Å². The maximum Gasteiger partial charge on any atom is 0.471 e. The zero-order valence-electron chi connectivity index (χ0n) is 17.4. The van der Waals surface area contributed by atoms with Gasteiger partial charge in [-0.1, -0.05) is 32.9 Å². The number of hydrogen-bond acceptors (Lipinski definition) is 2. The number of alkyl halides is 6. The summed E-state index contributed by atoms with van der Waals surface area (Å²) in [5, 5.41) is 3.58. The SMILES string of the molecule is CC(C)(C)C(c1ccc(NC(=O)C(F)(F)F)c(Br)c1)c1ccc(NC(=O)C(F)(F)F)c(Br)c1. The van der Waals surface area contributed by atoms with E-state index in [0.29, 0.717) is 11.1 Å². The van der Waals surface area contributed by atoms with Crippen LogP contribution in [0.15, 0.2) is 45.3 Å². The van der Waals surface area contributed by atoms with Crippen LogP contribution in [0.4, 0.5) is 37.7 Å². The fourth-order valence-corrected chi connectivity index (χ4v) is 4.19. The fourth-order valence-electron chi connectivity index (χ4n) is 3.20. The molecule has 0 atom stereocenters. The number of carbonyl (C=O) groups excluding carboxylic acids is 2. The predicted molar refractivity (Wildman–Crippen MR) is 119 cm³/mol. The van der Waals surface area contributed by atoms with Gasteiger partial charge in [0.25, 0.3) is 0 Å². The highest BCUT2D eigenvalue weighted by molar-refractivity contribution is 9.11. The number of rotatable bonds is 4. The van der Waals surface area contributed by atoms with Gasteiger partial charge < -0.3 is 10.6 Å². The third kappa shape index (κ3) is 6.95. The van der Waals surface area contributed by atoms with Gasteiger partial charge in [0, 0.05) is 14.9 Å². The molecule has 0 aromatic heterocycles. The fraction of sp³-hybridized carbons (Fsp3) is 0.333. The third-order valence-electron chi connectivity index (χ3n) is 4.53. The minimum atomic E-state index is -5.04. The van der Waals surface area contributed by atoms with Crippen LogP contribution >= 0.6 is 31.9 Å². The summed E-state index contributed by atoms with van der Waals surface area (Å²) < 4.78 is 75.7. The van der Waals surface area contributed by atoms with Crippen molar-refractivity contribution in [2.45, 2.75) is 39.0 Å². The van der Waals surface area contributed by atoms with Crippen LogP contribution in [0.25, 0.3) is 0 Å². The van der Waals surface area contributed by atoms with Crippen LogP contribution < -0.4 is 10.6 Å². The highest BCUT2D eigenvalue weighted by Crippen LogP contribution is 2.43. The summed E-state index contributed by atoms with van der Waals surface area (Å²) in [7, 11) is 0. The molecule has 2 rings (SSSR count). The molecule has 2 N–H and O–H groups in total. The van der Waals surface area contributed by atoms with Gasteiger partial charge in [-0.15, -0.1) is 0 Å². The van der Waals surface area contributed by atoms with Gasteiger partial charge in [-0.05, 0) is 72.7 Å². The molecule has 0 aliphatic heterocycles. The average molecular weight is 604 g/mol. The van der Waals surface area contributed by atoms with Crippen LogP contribution in [0.3, 0.4) is 0 Å². The molecule has 33 heavy (non-hydrogen) atoms. The minimum absolute atomic E-state index is 0.0693. The van der Waals surface area contributed by atoms with Crippen LogP contribution in [-0.4, -0.2) is 24.2 Å². The van der Waals surface area contributed by atoms with Crippen molar-refractivity contribution in [1.29, 1.82) is 0 Å². The first-order valence-corrected chi connectivity index (χ1v) is 10.8. The molecule has 0 bridgehead atoms. The minimum Gasteiger partial charge on any atom is -0.317 e. The van der Waals surface area contributed by atoms with Crippen LogP contribution in [-0.2, 0) is 9.59 Å². The van der Waals surface area contributed by atoms with E-state index in [9.17, 15) is 35.9 Å². The Morgan fingerprint density at radius 3 is 1.30 bits per heavy atom. The molecule has 2 aromatic carbocycles. The number of anilines is 2. The molecule has 0 spiro atoms. The molecule has 0 aliphatic rings. The molecule has 0 unspecified atom stereocenters. The van der Waals surface area contributed by atoms with Crippen molar-refractivity contribution in [2.75, 3.05) is 10.6 Å². The van der Waals surface area contributed by atoms with Gasteiger partial charge in [-0.3, -0.25) is 9.59 Å². The van der Waals surface area contributed by atoms with E-state index in [0.717, 1.165) is 0 Å². The molecule has 12 heteroatoms. The van der Waals surface area contributed by atoms with Crippen molar-refractivity contribution in [3.05, 3.63) is 56.5 Å². The Kier molecular flexibility index (Phi) is 7.95. The topological polar surface area (TPSA) is 58.2 Å². The second-order valence-electron chi connectivity index (χ2n) is 8.18. The molecule has 0 fully saturated rings. The van der Waals surface area contributed by atoms with Crippen molar-refractivity contribution in [2.24, 2.45) is 5.41 Å². The van der Waals surface area contributed by atoms with Gasteiger partial charge in [0.2, 0.25) is 0 Å². The quantitative estimate of drug-likeness (QED) is 0.358. The molecule has 0 heterocycles. The van der Waals surface area contributed by atoms with Gasteiger partial charge in [0.05, 0.1) is 11.4 Å². The first kappa shape index (κ1) is 27.2. The normalized spacial score (nSPS) is 12.6. The summed E-state index contributed by atoms with van der Waals surface area (Å²) in [4.78, 5) is 22.5. The van der Waals surface area contributed by atoms with Crippen molar-refractivity contribution in [1.82, 2.24) is 0 Å². The van der Waals surface area contributed by atoms with Crippen molar-refractivity contribution in [3.63, 3.8) is 0 Å². The van der Waals surface area contributed by atoms with Crippen molar-refractivity contribution in [3.8, 4) is 0 Å². The number of carbonyl (C=O) groups is 2. The Balaban J connectivity index is 2.42. The molecular formula is C21H18Br2F6N2O2. The lowest BCUT2D eigenvalue weighted by Gasteiger charge is -2.32. The summed E-state index contributed by atoms with van der Waals surface area (Å²) >= 11 is 6.35. The van der Waals surface area contributed by atoms with E-state index in [1.165, 1.54) is 12.1 Å². The van der Waals surface area contributed by atoms with E-state index < -0.39 is 29.6 Å². The summed E-state index contributed by atoms with van der Waals surface area (Å²) in [6, 6.07) is 8.90. The maximum atomic E-state index is 12.5. The molecule has 180 valence electrons. The average Bonchev–Trinajstić information content (AvgIpc) is 2.63. The van der Waals surface area contributed by atoms with Crippen molar-refractivity contribution >= 4 is 55.0 Å². The second-order valence-corrected chi connectivity index (χ2v) is 9.89. The van der Waals surface area contributed by atoms with Gasteiger partial charge in [0.1, 0.15) is 0 Å². The van der Waals surface area contributed by atoms with E-state index in [-0.39, 0.29) is 26.2 Å². The smallest absolute Gasteiger partial charge is 0.317 e. The Morgan fingerprint density at radius 2 is 1.06 bits per heavy atom. The Hall–Kier alpha value is -2.08. The molecular weight excluding hydrogens is 586 g/mol. The Bertz CT molecular complexity index is 985. The molecule has 0 saturated carbocycles. The van der Waals surface area contributed by atoms with E-state index in [2.05, 4.69) is 31.9 Å². The summed E-state index contributed by atoms with van der Waals surface area (Å²) in [5.41, 5.74) is 0.795. The number of nitrogens with one attached hydrogen (secondary N) is 2. The predicted octanol–water partition coefficient (Wildman–Crippen LogP) is 7.39. The largest absolute Gasteiger partial charge is 0.471 e. The number of amides is 2. The van der Waals surface area contributed by atoms with Gasteiger partial charge in [-0.2, -0.15) is 26.3 Å². The highest BCUT2D eigenvalue weighted by atomic mass is 79.9. The second kappa shape index (κ2) is 9.65. The standard InChI is InChI=1S/C21H18Br2F6N2O2/c1-19(2,3)16(10-4-6-14(12(22)8-10)30-17(32)20(24,25)26)11-5-7-15(13(23)9-11)31-18(33)21(27,28)29/h4-9,16H,1-3H3,(H,30,32)(H,31,33). The van der Waals surface area contributed by atoms with Gasteiger partial charge in [-0.25, -0.2) is 0 Å². The molecule has 0 saturated heterocycles. The van der Waals surface area contributed by atoms with E-state index in [1.54, 1.807) is 34.9 Å². The van der Waals surface area contributed by atoms with Gasteiger partial charge >= 0.3 is 24.2 Å². The molecule has 0 radical (unpaired) electrons. The van der Waals surface area contributed by atoms with Gasteiger partial charge in [0.15, 0.2) is 0 Å². The first-order valence-electron chi connectivity index (χ1n) is 9.26. The third-order valence-corrected chi connectivity index (χ3v) is 5.84. The van der Waals surface area contributed by atoms with Crippen LogP contribution in [0, 0.1) is 5.41 Å². The number of benzene rings is 2. The van der Waals surface area contributed by atoms with Crippen LogP contribution in [0.1, 0.15) is 37.8 Å². The monoisotopic (exact) mass is 602 g/mol. The van der Waals surface area contributed by atoms with Crippen LogP contribution in [0.2, 0.25) is 0 Å². The molecule has 0 aliphatic carbocycles. The lowest BCUT2D eigenvalue weighted by molar-refractivity contribution is -0.167. The maximum absolute atomic E-state index is 12.5. The molecule has 2 aromatic rings. The van der Waals surface area contributed by atoms with E-state index >= 15 is 0 Å². The Labute approximate surface area is 202 Å². The molecule has 2 amide bonds. The lowest BCUT2D eigenvalue weighted by Crippen LogP contribution is -2.30. The first-order chi connectivity index (χ1) is 14.9. The zero-order chi connectivity index (χ0) is 25.4. The zero-order valence-corrected chi connectivity index (χ0v) is 20.6. The lowest BCUT2D eigenvalue weighted by atomic mass is 9.72.